The molecule has 0 aromatic heterocycles. The predicted octanol–water partition coefficient (Wildman–Crippen LogP) is 3.08. The Morgan fingerprint density at radius 2 is 1.54 bits per heavy atom. The maximum Gasteiger partial charge on any atom is 0.262 e. The number of hydrogen-bond acceptors (Lipinski definition) is 3. The first-order valence-electron chi connectivity index (χ1n) is 7.59. The Balaban J connectivity index is 2.49. The number of carbonyl (C=O) groups excluding carboxylic acids is 1. The Hall–Kier alpha value is -2.34. The third kappa shape index (κ3) is 3.43. The first-order chi connectivity index (χ1) is 11.2. The Bertz CT molecular complexity index is 876. The van der Waals surface area contributed by atoms with Crippen LogP contribution in [0.25, 0.3) is 0 Å². The molecule has 0 radical (unpaired) electrons. The fourth-order valence-corrected chi connectivity index (χ4v) is 4.33. The summed E-state index contributed by atoms with van der Waals surface area (Å²) in [6.07, 6.45) is 0. The smallest absolute Gasteiger partial charge is 0.262 e. The lowest BCUT2D eigenvalue weighted by Crippen LogP contribution is -2.19. The molecule has 0 fully saturated rings. The predicted molar refractivity (Wildman–Crippen MR) is 96.0 cm³/mol. The summed E-state index contributed by atoms with van der Waals surface area (Å²) in [5.41, 5.74) is 4.07. The van der Waals surface area contributed by atoms with Gasteiger partial charge in [0, 0.05) is 18.3 Å². The van der Waals surface area contributed by atoms with Crippen molar-refractivity contribution < 1.29 is 13.2 Å². The van der Waals surface area contributed by atoms with Crippen LogP contribution in [0.3, 0.4) is 0 Å². The summed E-state index contributed by atoms with van der Waals surface area (Å²) >= 11 is 0. The third-order valence-corrected chi connectivity index (χ3v) is 5.82. The molecular formula is C18H22N2O3S. The molecule has 2 N–H and O–H groups in total. The number of hydrogen-bond donors (Lipinski definition) is 2. The van der Waals surface area contributed by atoms with Gasteiger partial charge in [-0.3, -0.25) is 9.52 Å². The summed E-state index contributed by atoms with van der Waals surface area (Å²) in [6.45, 7) is 7.40. The van der Waals surface area contributed by atoms with Gasteiger partial charge < -0.3 is 5.32 Å². The molecule has 1 amide bonds. The summed E-state index contributed by atoms with van der Waals surface area (Å²) in [6, 6.07) is 8.39. The van der Waals surface area contributed by atoms with Gasteiger partial charge in [-0.2, -0.15) is 0 Å². The molecule has 5 nitrogen and oxygen atoms in total. The number of amides is 1. The molecule has 2 aromatic carbocycles. The minimum atomic E-state index is -3.75. The lowest BCUT2D eigenvalue weighted by molar-refractivity contribution is 0.0963. The number of rotatable bonds is 4. The van der Waals surface area contributed by atoms with E-state index in [1.54, 1.807) is 32.0 Å². The Morgan fingerprint density at radius 1 is 0.958 bits per heavy atom. The van der Waals surface area contributed by atoms with Gasteiger partial charge in [-0.15, -0.1) is 0 Å². The van der Waals surface area contributed by atoms with Gasteiger partial charge in [-0.05, 0) is 68.1 Å². The molecule has 0 aliphatic heterocycles. The maximum absolute atomic E-state index is 12.9. The van der Waals surface area contributed by atoms with Crippen LogP contribution >= 0.6 is 0 Å². The summed E-state index contributed by atoms with van der Waals surface area (Å²) in [4.78, 5) is 12.0. The minimum absolute atomic E-state index is 0.269. The highest BCUT2D eigenvalue weighted by molar-refractivity contribution is 7.92. The summed E-state index contributed by atoms with van der Waals surface area (Å²) in [7, 11) is -2.22. The van der Waals surface area contributed by atoms with E-state index in [0.29, 0.717) is 16.1 Å². The normalized spacial score (nSPS) is 11.2. The average molecular weight is 346 g/mol. The van der Waals surface area contributed by atoms with Crippen molar-refractivity contribution >= 4 is 21.6 Å². The van der Waals surface area contributed by atoms with Gasteiger partial charge in [-0.25, -0.2) is 8.42 Å². The Labute approximate surface area is 143 Å². The molecule has 128 valence electrons. The van der Waals surface area contributed by atoms with Gasteiger partial charge in [-0.1, -0.05) is 12.1 Å². The second kappa shape index (κ2) is 6.65. The zero-order valence-corrected chi connectivity index (χ0v) is 15.3. The van der Waals surface area contributed by atoms with Gasteiger partial charge in [0.15, 0.2) is 0 Å². The van der Waals surface area contributed by atoms with Crippen LogP contribution in [0.1, 0.15) is 32.6 Å². The molecule has 0 saturated carbocycles. The van der Waals surface area contributed by atoms with Crippen LogP contribution in [0.5, 0.6) is 0 Å². The average Bonchev–Trinajstić information content (AvgIpc) is 2.52. The van der Waals surface area contributed by atoms with Crippen molar-refractivity contribution in [1.82, 2.24) is 5.32 Å². The van der Waals surface area contributed by atoms with Crippen LogP contribution in [-0.2, 0) is 10.0 Å². The van der Waals surface area contributed by atoms with Crippen molar-refractivity contribution in [2.45, 2.75) is 32.6 Å². The van der Waals surface area contributed by atoms with Crippen LogP contribution in [0.15, 0.2) is 35.2 Å². The van der Waals surface area contributed by atoms with E-state index in [1.165, 1.54) is 13.1 Å². The van der Waals surface area contributed by atoms with Crippen LogP contribution < -0.4 is 10.0 Å². The number of benzene rings is 2. The summed E-state index contributed by atoms with van der Waals surface area (Å²) in [5.74, 6) is -0.269. The fraction of sp³-hybridized carbons (Fsp3) is 0.278. The van der Waals surface area contributed by atoms with E-state index in [0.717, 1.165) is 22.3 Å². The van der Waals surface area contributed by atoms with Crippen LogP contribution in [0.2, 0.25) is 0 Å². The SMILES string of the molecule is CNC(=O)c1cccc(NS(=O)(=O)c2c(C)c(C)cc(C)c2C)c1. The van der Waals surface area contributed by atoms with Crippen molar-refractivity contribution in [2.75, 3.05) is 11.8 Å². The van der Waals surface area contributed by atoms with Gasteiger partial charge in [0.1, 0.15) is 0 Å². The topological polar surface area (TPSA) is 75.3 Å². The highest BCUT2D eigenvalue weighted by Crippen LogP contribution is 2.28. The summed E-state index contributed by atoms with van der Waals surface area (Å²) in [5, 5.41) is 2.52. The molecule has 2 aromatic rings. The molecule has 6 heteroatoms. The third-order valence-electron chi connectivity index (χ3n) is 4.17. The molecule has 0 aliphatic rings. The number of carbonyl (C=O) groups is 1. The van der Waals surface area contributed by atoms with Crippen molar-refractivity contribution in [3.05, 3.63) is 58.1 Å². The highest BCUT2D eigenvalue weighted by Gasteiger charge is 2.22. The van der Waals surface area contributed by atoms with Gasteiger partial charge in [0.25, 0.3) is 15.9 Å². The van der Waals surface area contributed by atoms with E-state index in [2.05, 4.69) is 10.0 Å². The number of sulfonamides is 1. The standard InChI is InChI=1S/C18H22N2O3S/c1-11-9-12(2)14(4)17(13(11)3)24(22,23)20-16-8-6-7-15(10-16)18(21)19-5/h6-10,20H,1-5H3,(H,19,21). The highest BCUT2D eigenvalue weighted by atomic mass is 32.2. The zero-order chi connectivity index (χ0) is 18.1. The van der Waals surface area contributed by atoms with Gasteiger partial charge in [0.2, 0.25) is 0 Å². The van der Waals surface area contributed by atoms with E-state index in [-0.39, 0.29) is 5.91 Å². The van der Waals surface area contributed by atoms with Gasteiger partial charge >= 0.3 is 0 Å². The molecular weight excluding hydrogens is 324 g/mol. The molecule has 0 spiro atoms. The van der Waals surface area contributed by atoms with E-state index >= 15 is 0 Å². The lowest BCUT2D eigenvalue weighted by atomic mass is 10.0. The monoisotopic (exact) mass is 346 g/mol. The lowest BCUT2D eigenvalue weighted by Gasteiger charge is -2.17. The minimum Gasteiger partial charge on any atom is -0.355 e. The summed E-state index contributed by atoms with van der Waals surface area (Å²) < 4.78 is 28.4. The molecule has 0 aliphatic carbocycles. The van der Waals surface area contributed by atoms with Crippen molar-refractivity contribution in [3.63, 3.8) is 0 Å². The fourth-order valence-electron chi connectivity index (χ4n) is 2.66. The molecule has 0 unspecified atom stereocenters. The van der Waals surface area contributed by atoms with E-state index < -0.39 is 10.0 Å². The van der Waals surface area contributed by atoms with Crippen LogP contribution in [0, 0.1) is 27.7 Å². The molecule has 24 heavy (non-hydrogen) atoms. The quantitative estimate of drug-likeness (QED) is 0.893. The molecule has 0 atom stereocenters. The zero-order valence-electron chi connectivity index (χ0n) is 14.5. The van der Waals surface area contributed by atoms with Crippen LogP contribution in [0.4, 0.5) is 5.69 Å². The molecule has 0 saturated heterocycles. The second-order valence-electron chi connectivity index (χ2n) is 5.85. The Morgan fingerprint density at radius 3 is 2.08 bits per heavy atom. The number of aryl methyl sites for hydroxylation is 2. The Kier molecular flexibility index (Phi) is 4.99. The molecule has 2 rings (SSSR count). The number of nitrogens with one attached hydrogen (secondary N) is 2. The number of anilines is 1. The van der Waals surface area contributed by atoms with Crippen molar-refractivity contribution in [1.29, 1.82) is 0 Å². The van der Waals surface area contributed by atoms with E-state index in [1.807, 2.05) is 19.9 Å². The first kappa shape index (κ1) is 18.0. The maximum atomic E-state index is 12.9. The van der Waals surface area contributed by atoms with E-state index in [4.69, 9.17) is 0 Å². The van der Waals surface area contributed by atoms with Crippen molar-refractivity contribution in [3.8, 4) is 0 Å². The van der Waals surface area contributed by atoms with Gasteiger partial charge in [0.05, 0.1) is 4.90 Å². The molecule has 0 bridgehead atoms. The molecule has 0 heterocycles. The van der Waals surface area contributed by atoms with E-state index in [9.17, 15) is 13.2 Å². The second-order valence-corrected chi connectivity index (χ2v) is 7.47. The van der Waals surface area contributed by atoms with Crippen molar-refractivity contribution in [2.24, 2.45) is 0 Å². The van der Waals surface area contributed by atoms with Crippen LogP contribution in [-0.4, -0.2) is 21.4 Å². The largest absolute Gasteiger partial charge is 0.355 e. The first-order valence-corrected chi connectivity index (χ1v) is 9.08.